The van der Waals surface area contributed by atoms with E-state index < -0.39 is 0 Å². The minimum atomic E-state index is 0.112. The van der Waals surface area contributed by atoms with E-state index in [2.05, 4.69) is 27.8 Å². The first kappa shape index (κ1) is 13.6. The zero-order valence-electron chi connectivity index (χ0n) is 11.4. The fraction of sp³-hybridized carbons (Fsp3) is 0.133. The van der Waals surface area contributed by atoms with Crippen LogP contribution in [0.25, 0.3) is 5.69 Å². The molecule has 0 saturated carbocycles. The maximum Gasteiger partial charge on any atom is 0.143 e. The van der Waals surface area contributed by atoms with Crippen LogP contribution in [0.2, 0.25) is 5.02 Å². The minimum Gasteiger partial charge on any atom is -0.377 e. The highest BCUT2D eigenvalue weighted by molar-refractivity contribution is 6.30. The fourth-order valence-corrected chi connectivity index (χ4v) is 2.36. The van der Waals surface area contributed by atoms with Crippen LogP contribution in [0.1, 0.15) is 18.5 Å². The van der Waals surface area contributed by atoms with Gasteiger partial charge in [-0.2, -0.15) is 4.68 Å². The number of benzene rings is 2. The van der Waals surface area contributed by atoms with Crippen molar-refractivity contribution in [1.82, 2.24) is 20.2 Å². The van der Waals surface area contributed by atoms with Gasteiger partial charge in [0.2, 0.25) is 0 Å². The van der Waals surface area contributed by atoms with Gasteiger partial charge in [0.1, 0.15) is 6.33 Å². The molecule has 3 aromatic rings. The van der Waals surface area contributed by atoms with Crippen LogP contribution in [0.4, 0.5) is 5.69 Å². The van der Waals surface area contributed by atoms with Crippen LogP contribution in [0.15, 0.2) is 54.9 Å². The summed E-state index contributed by atoms with van der Waals surface area (Å²) in [6.07, 6.45) is 1.57. The molecule has 0 saturated heterocycles. The molecule has 6 heteroatoms. The lowest BCUT2D eigenvalue weighted by atomic mass is 10.1. The molecule has 0 amide bonds. The van der Waals surface area contributed by atoms with E-state index >= 15 is 0 Å². The Kier molecular flexibility index (Phi) is 3.83. The van der Waals surface area contributed by atoms with Gasteiger partial charge in [0.05, 0.1) is 11.4 Å². The van der Waals surface area contributed by atoms with Gasteiger partial charge in [-0.3, -0.25) is 0 Å². The van der Waals surface area contributed by atoms with Crippen LogP contribution in [0, 0.1) is 0 Å². The minimum absolute atomic E-state index is 0.112. The van der Waals surface area contributed by atoms with E-state index in [-0.39, 0.29) is 6.04 Å². The maximum absolute atomic E-state index is 6.05. The highest BCUT2D eigenvalue weighted by atomic mass is 35.5. The molecule has 1 N–H and O–H groups in total. The first-order chi connectivity index (χ1) is 10.2. The van der Waals surface area contributed by atoms with Crippen molar-refractivity contribution in [2.24, 2.45) is 0 Å². The van der Waals surface area contributed by atoms with Crippen molar-refractivity contribution in [3.05, 3.63) is 65.4 Å². The quantitative estimate of drug-likeness (QED) is 0.801. The third kappa shape index (κ3) is 3.03. The van der Waals surface area contributed by atoms with Gasteiger partial charge in [-0.15, -0.1) is 5.10 Å². The van der Waals surface area contributed by atoms with Crippen LogP contribution >= 0.6 is 11.6 Å². The normalized spacial score (nSPS) is 12.1. The molecule has 3 rings (SSSR count). The van der Waals surface area contributed by atoms with Gasteiger partial charge in [-0.25, -0.2) is 0 Å². The van der Waals surface area contributed by atoms with E-state index in [0.717, 1.165) is 22.0 Å². The SMILES string of the molecule is CC(Nc1ccccc1-n1cnnn1)c1cccc(Cl)c1. The molecule has 0 aliphatic carbocycles. The van der Waals surface area contributed by atoms with Gasteiger partial charge < -0.3 is 5.32 Å². The lowest BCUT2D eigenvalue weighted by molar-refractivity contribution is 0.785. The molecule has 0 aliphatic rings. The number of hydrogen-bond acceptors (Lipinski definition) is 4. The van der Waals surface area contributed by atoms with Crippen molar-refractivity contribution < 1.29 is 0 Å². The number of hydrogen-bond donors (Lipinski definition) is 1. The summed E-state index contributed by atoms with van der Waals surface area (Å²) in [5, 5.41) is 15.5. The summed E-state index contributed by atoms with van der Waals surface area (Å²) in [6, 6.07) is 15.8. The number of halogens is 1. The summed E-state index contributed by atoms with van der Waals surface area (Å²) >= 11 is 6.05. The van der Waals surface area contributed by atoms with Gasteiger partial charge in [-0.05, 0) is 47.2 Å². The molecule has 106 valence electrons. The lowest BCUT2D eigenvalue weighted by Gasteiger charge is -2.18. The summed E-state index contributed by atoms with van der Waals surface area (Å²) < 4.78 is 1.63. The molecule has 1 aromatic heterocycles. The van der Waals surface area contributed by atoms with Crippen molar-refractivity contribution in [2.75, 3.05) is 5.32 Å². The Morgan fingerprint density at radius 3 is 2.76 bits per heavy atom. The second-order valence-electron chi connectivity index (χ2n) is 4.69. The Balaban J connectivity index is 1.88. The first-order valence-corrected chi connectivity index (χ1v) is 6.96. The van der Waals surface area contributed by atoms with Crippen LogP contribution in [-0.4, -0.2) is 20.2 Å². The Morgan fingerprint density at radius 2 is 2.00 bits per heavy atom. The second kappa shape index (κ2) is 5.93. The summed E-state index contributed by atoms with van der Waals surface area (Å²) in [5.74, 6) is 0. The second-order valence-corrected chi connectivity index (χ2v) is 5.13. The Bertz CT molecular complexity index is 726. The van der Waals surface area contributed by atoms with Crippen molar-refractivity contribution in [2.45, 2.75) is 13.0 Å². The number of tetrazole rings is 1. The van der Waals surface area contributed by atoms with E-state index in [1.165, 1.54) is 0 Å². The third-order valence-corrected chi connectivity index (χ3v) is 3.46. The van der Waals surface area contributed by atoms with Crippen LogP contribution in [0.5, 0.6) is 0 Å². The molecule has 0 bridgehead atoms. The van der Waals surface area contributed by atoms with Gasteiger partial charge in [0.25, 0.3) is 0 Å². The zero-order chi connectivity index (χ0) is 14.7. The average molecular weight is 300 g/mol. The van der Waals surface area contributed by atoms with Crippen molar-refractivity contribution in [3.8, 4) is 5.69 Å². The Labute approximate surface area is 127 Å². The molecule has 1 heterocycles. The molecular formula is C15H14ClN5. The number of nitrogens with one attached hydrogen (secondary N) is 1. The number of anilines is 1. The largest absolute Gasteiger partial charge is 0.377 e. The summed E-state index contributed by atoms with van der Waals surface area (Å²) in [6.45, 7) is 2.09. The number of para-hydroxylation sites is 2. The van der Waals surface area contributed by atoms with Crippen LogP contribution in [-0.2, 0) is 0 Å². The maximum atomic E-state index is 6.05. The highest BCUT2D eigenvalue weighted by Gasteiger charge is 2.10. The van der Waals surface area contributed by atoms with E-state index in [4.69, 9.17) is 11.6 Å². The number of nitrogens with zero attached hydrogens (tertiary/aromatic N) is 4. The fourth-order valence-electron chi connectivity index (χ4n) is 2.16. The molecule has 1 atom stereocenters. The van der Waals surface area contributed by atoms with Crippen molar-refractivity contribution >= 4 is 17.3 Å². The number of aromatic nitrogens is 4. The third-order valence-electron chi connectivity index (χ3n) is 3.22. The Morgan fingerprint density at radius 1 is 1.14 bits per heavy atom. The van der Waals surface area contributed by atoms with Crippen molar-refractivity contribution in [3.63, 3.8) is 0 Å². The zero-order valence-corrected chi connectivity index (χ0v) is 12.2. The van der Waals surface area contributed by atoms with E-state index in [9.17, 15) is 0 Å². The summed E-state index contributed by atoms with van der Waals surface area (Å²) in [7, 11) is 0. The lowest BCUT2D eigenvalue weighted by Crippen LogP contribution is -2.09. The molecule has 0 spiro atoms. The van der Waals surface area contributed by atoms with E-state index in [0.29, 0.717) is 0 Å². The summed E-state index contributed by atoms with van der Waals surface area (Å²) in [5.41, 5.74) is 2.97. The van der Waals surface area contributed by atoms with Gasteiger partial charge in [-0.1, -0.05) is 35.9 Å². The van der Waals surface area contributed by atoms with Crippen molar-refractivity contribution in [1.29, 1.82) is 0 Å². The Hall–Kier alpha value is -2.40. The van der Waals surface area contributed by atoms with Crippen LogP contribution in [0.3, 0.4) is 0 Å². The average Bonchev–Trinajstić information content (AvgIpc) is 3.02. The predicted octanol–water partition coefficient (Wildman–Crippen LogP) is 3.49. The molecular weight excluding hydrogens is 286 g/mol. The van der Waals surface area contributed by atoms with Crippen LogP contribution < -0.4 is 5.32 Å². The molecule has 21 heavy (non-hydrogen) atoms. The highest BCUT2D eigenvalue weighted by Crippen LogP contribution is 2.25. The molecule has 0 fully saturated rings. The number of rotatable bonds is 4. The van der Waals surface area contributed by atoms with E-state index in [1.807, 2.05) is 48.5 Å². The van der Waals surface area contributed by atoms with Gasteiger partial charge in [0.15, 0.2) is 0 Å². The van der Waals surface area contributed by atoms with Gasteiger partial charge in [0, 0.05) is 11.1 Å². The standard InChI is InChI=1S/C15H14ClN5/c1-11(12-5-4-6-13(16)9-12)18-14-7-2-3-8-15(14)21-10-17-19-20-21/h2-11,18H,1H3. The van der Waals surface area contributed by atoms with Gasteiger partial charge >= 0.3 is 0 Å². The molecule has 5 nitrogen and oxygen atoms in total. The first-order valence-electron chi connectivity index (χ1n) is 6.58. The molecule has 2 aromatic carbocycles. The molecule has 1 unspecified atom stereocenters. The van der Waals surface area contributed by atoms with E-state index in [1.54, 1.807) is 11.0 Å². The molecule has 0 aliphatic heterocycles. The summed E-state index contributed by atoms with van der Waals surface area (Å²) in [4.78, 5) is 0. The smallest absolute Gasteiger partial charge is 0.143 e. The molecule has 0 radical (unpaired) electrons. The topological polar surface area (TPSA) is 55.6 Å². The predicted molar refractivity (Wildman–Crippen MR) is 82.6 cm³/mol. The monoisotopic (exact) mass is 299 g/mol.